The minimum Gasteiger partial charge on any atom is -0.365 e. The molecule has 0 aliphatic heterocycles. The summed E-state index contributed by atoms with van der Waals surface area (Å²) in [5.74, 6) is 8.49. The van der Waals surface area contributed by atoms with Crippen molar-refractivity contribution in [2.24, 2.45) is 5.84 Å². The fraction of sp³-hybridized carbons (Fsp3) is 0.385. The summed E-state index contributed by atoms with van der Waals surface area (Å²) in [4.78, 5) is 10.4. The fourth-order valence-corrected chi connectivity index (χ4v) is 3.42. The lowest BCUT2D eigenvalue weighted by Crippen LogP contribution is -2.14. The maximum atomic E-state index is 5.55. The smallest absolute Gasteiger partial charge is 0.148 e. The van der Waals surface area contributed by atoms with E-state index in [9.17, 15) is 0 Å². The molecule has 0 radical (unpaired) electrons. The van der Waals surface area contributed by atoms with Crippen LogP contribution in [0.15, 0.2) is 15.9 Å². The number of nitrogens with two attached hydrogens (primary N) is 1. The lowest BCUT2D eigenvalue weighted by molar-refractivity contribution is 0.911. The van der Waals surface area contributed by atoms with Crippen molar-refractivity contribution in [2.75, 3.05) is 10.7 Å². The van der Waals surface area contributed by atoms with E-state index in [0.717, 1.165) is 28.2 Å². The SMILES string of the molecule is Cc1c(NN)nc(C2CC2)nc1NCc1sccc1Br. The molecule has 1 saturated carbocycles. The third kappa shape index (κ3) is 2.79. The number of halogens is 1. The molecule has 20 heavy (non-hydrogen) atoms. The normalized spacial score (nSPS) is 14.3. The number of nitrogens with zero attached hydrogens (tertiary/aromatic N) is 2. The summed E-state index contributed by atoms with van der Waals surface area (Å²) in [6.07, 6.45) is 2.34. The van der Waals surface area contributed by atoms with Gasteiger partial charge in [-0.25, -0.2) is 15.8 Å². The predicted molar refractivity (Wildman–Crippen MR) is 85.9 cm³/mol. The van der Waals surface area contributed by atoms with Gasteiger partial charge in [0.05, 0.1) is 6.54 Å². The molecule has 2 aromatic rings. The molecule has 4 N–H and O–H groups in total. The predicted octanol–water partition coefficient (Wildman–Crippen LogP) is 3.38. The van der Waals surface area contributed by atoms with Gasteiger partial charge in [0.2, 0.25) is 0 Å². The van der Waals surface area contributed by atoms with Gasteiger partial charge in [0.15, 0.2) is 0 Å². The lowest BCUT2D eigenvalue weighted by Gasteiger charge is -2.13. The van der Waals surface area contributed by atoms with Gasteiger partial charge < -0.3 is 10.7 Å². The summed E-state index contributed by atoms with van der Waals surface area (Å²) in [6, 6.07) is 2.05. The molecule has 2 heterocycles. The van der Waals surface area contributed by atoms with E-state index in [0.29, 0.717) is 11.7 Å². The van der Waals surface area contributed by atoms with Gasteiger partial charge in [-0.3, -0.25) is 0 Å². The molecule has 5 nitrogen and oxygen atoms in total. The Labute approximate surface area is 130 Å². The monoisotopic (exact) mass is 353 g/mol. The van der Waals surface area contributed by atoms with E-state index in [1.807, 2.05) is 6.92 Å². The molecule has 1 aliphatic rings. The number of hydrazine groups is 1. The number of nitrogens with one attached hydrogen (secondary N) is 2. The second-order valence-electron chi connectivity index (χ2n) is 4.87. The molecule has 1 aliphatic carbocycles. The Bertz CT molecular complexity index is 623. The zero-order valence-electron chi connectivity index (χ0n) is 11.1. The number of aromatic nitrogens is 2. The van der Waals surface area contributed by atoms with Crippen molar-refractivity contribution in [3.8, 4) is 0 Å². The molecule has 0 aromatic carbocycles. The van der Waals surface area contributed by atoms with Gasteiger partial charge in [-0.15, -0.1) is 11.3 Å². The van der Waals surface area contributed by atoms with Gasteiger partial charge >= 0.3 is 0 Å². The van der Waals surface area contributed by atoms with Crippen LogP contribution < -0.4 is 16.6 Å². The van der Waals surface area contributed by atoms with Crippen LogP contribution in [0.25, 0.3) is 0 Å². The Morgan fingerprint density at radius 1 is 1.40 bits per heavy atom. The molecule has 0 atom stereocenters. The number of nitrogen functional groups attached to an aromatic ring is 1. The van der Waals surface area contributed by atoms with Crippen molar-refractivity contribution in [1.29, 1.82) is 0 Å². The van der Waals surface area contributed by atoms with Crippen LogP contribution in [0.1, 0.15) is 35.0 Å². The molecule has 2 aromatic heterocycles. The quantitative estimate of drug-likeness (QED) is 0.567. The van der Waals surface area contributed by atoms with Crippen molar-refractivity contribution >= 4 is 38.9 Å². The van der Waals surface area contributed by atoms with Crippen LogP contribution in [-0.2, 0) is 6.54 Å². The standard InChI is InChI=1S/C13H16BrN5S/c1-7-11(16-6-10-9(14)4-5-20-10)17-13(8-2-3-8)18-12(7)19-15/h4-5,8H,2-3,6,15H2,1H3,(H2,16,17,18,19). The number of hydrogen-bond donors (Lipinski definition) is 3. The Balaban J connectivity index is 1.84. The van der Waals surface area contributed by atoms with E-state index in [4.69, 9.17) is 5.84 Å². The Morgan fingerprint density at radius 2 is 2.15 bits per heavy atom. The Morgan fingerprint density at radius 3 is 2.75 bits per heavy atom. The topological polar surface area (TPSA) is 75.9 Å². The number of hydrogen-bond acceptors (Lipinski definition) is 6. The van der Waals surface area contributed by atoms with Crippen LogP contribution in [0.4, 0.5) is 11.6 Å². The summed E-state index contributed by atoms with van der Waals surface area (Å²) in [6.45, 7) is 2.71. The van der Waals surface area contributed by atoms with Crippen molar-refractivity contribution < 1.29 is 0 Å². The van der Waals surface area contributed by atoms with Gasteiger partial charge in [-0.2, -0.15) is 0 Å². The second kappa shape index (κ2) is 5.67. The van der Waals surface area contributed by atoms with E-state index in [1.54, 1.807) is 11.3 Å². The van der Waals surface area contributed by atoms with Crippen molar-refractivity contribution in [1.82, 2.24) is 9.97 Å². The highest BCUT2D eigenvalue weighted by Gasteiger charge is 2.28. The third-order valence-corrected chi connectivity index (χ3v) is 5.28. The van der Waals surface area contributed by atoms with Crippen LogP contribution in [0.3, 0.4) is 0 Å². The van der Waals surface area contributed by atoms with Crippen molar-refractivity contribution in [3.63, 3.8) is 0 Å². The molecule has 3 rings (SSSR count). The summed E-state index contributed by atoms with van der Waals surface area (Å²) < 4.78 is 1.13. The first-order chi connectivity index (χ1) is 9.69. The highest BCUT2D eigenvalue weighted by atomic mass is 79.9. The van der Waals surface area contributed by atoms with E-state index < -0.39 is 0 Å². The van der Waals surface area contributed by atoms with Gasteiger partial charge in [-0.1, -0.05) is 0 Å². The van der Waals surface area contributed by atoms with E-state index >= 15 is 0 Å². The second-order valence-corrected chi connectivity index (χ2v) is 6.72. The van der Waals surface area contributed by atoms with E-state index in [-0.39, 0.29) is 0 Å². The van der Waals surface area contributed by atoms with Crippen LogP contribution in [0.5, 0.6) is 0 Å². The molecule has 0 spiro atoms. The molecule has 0 amide bonds. The van der Waals surface area contributed by atoms with E-state index in [2.05, 4.69) is 48.1 Å². The van der Waals surface area contributed by atoms with Crippen LogP contribution in [0.2, 0.25) is 0 Å². The van der Waals surface area contributed by atoms with Crippen LogP contribution in [-0.4, -0.2) is 9.97 Å². The Hall–Kier alpha value is -1.18. The minimum absolute atomic E-state index is 0.497. The first-order valence-electron chi connectivity index (χ1n) is 6.50. The first kappa shape index (κ1) is 13.8. The summed E-state index contributed by atoms with van der Waals surface area (Å²) >= 11 is 5.25. The average molecular weight is 354 g/mol. The number of thiophene rings is 1. The van der Waals surface area contributed by atoms with Crippen molar-refractivity contribution in [2.45, 2.75) is 32.2 Å². The van der Waals surface area contributed by atoms with Gasteiger partial charge in [-0.05, 0) is 47.1 Å². The maximum Gasteiger partial charge on any atom is 0.148 e. The minimum atomic E-state index is 0.497. The molecular weight excluding hydrogens is 338 g/mol. The van der Waals surface area contributed by atoms with Crippen molar-refractivity contribution in [3.05, 3.63) is 32.2 Å². The number of rotatable bonds is 5. The summed E-state index contributed by atoms with van der Waals surface area (Å²) in [5.41, 5.74) is 3.61. The molecular formula is C13H16BrN5S. The fourth-order valence-electron chi connectivity index (χ4n) is 1.99. The highest BCUT2D eigenvalue weighted by molar-refractivity contribution is 9.10. The molecule has 7 heteroatoms. The largest absolute Gasteiger partial charge is 0.365 e. The number of anilines is 2. The first-order valence-corrected chi connectivity index (χ1v) is 8.17. The molecule has 1 fully saturated rings. The lowest BCUT2D eigenvalue weighted by atomic mass is 10.2. The highest BCUT2D eigenvalue weighted by Crippen LogP contribution is 2.39. The van der Waals surface area contributed by atoms with Crippen LogP contribution in [0, 0.1) is 6.92 Å². The van der Waals surface area contributed by atoms with Crippen LogP contribution >= 0.6 is 27.3 Å². The zero-order valence-corrected chi connectivity index (χ0v) is 13.5. The molecule has 0 bridgehead atoms. The average Bonchev–Trinajstić information content (AvgIpc) is 3.21. The van der Waals surface area contributed by atoms with Gasteiger partial charge in [0.1, 0.15) is 17.5 Å². The molecule has 0 saturated heterocycles. The maximum absolute atomic E-state index is 5.55. The zero-order chi connectivity index (χ0) is 14.1. The summed E-state index contributed by atoms with van der Waals surface area (Å²) in [7, 11) is 0. The van der Waals surface area contributed by atoms with E-state index in [1.165, 1.54) is 17.7 Å². The Kier molecular flexibility index (Phi) is 3.91. The summed E-state index contributed by atoms with van der Waals surface area (Å²) in [5, 5.41) is 5.45. The van der Waals surface area contributed by atoms with Gasteiger partial charge in [0.25, 0.3) is 0 Å². The molecule has 106 valence electrons. The molecule has 0 unspecified atom stereocenters. The third-order valence-electron chi connectivity index (χ3n) is 3.35. The van der Waals surface area contributed by atoms with Gasteiger partial charge in [0, 0.05) is 20.8 Å².